The number of nitrogens with zero attached hydrogens (tertiary/aromatic N) is 5. The van der Waals surface area contributed by atoms with Gasteiger partial charge in [-0.05, 0) is 42.3 Å². The molecule has 0 saturated carbocycles. The van der Waals surface area contributed by atoms with E-state index in [0.717, 1.165) is 34.8 Å². The van der Waals surface area contributed by atoms with E-state index in [1.807, 2.05) is 35.8 Å². The third kappa shape index (κ3) is 3.52. The van der Waals surface area contributed by atoms with Crippen molar-refractivity contribution in [2.24, 2.45) is 0 Å². The number of anilines is 1. The van der Waals surface area contributed by atoms with Gasteiger partial charge in [-0.25, -0.2) is 0 Å². The molecule has 0 amide bonds. The second-order valence-electron chi connectivity index (χ2n) is 6.52. The van der Waals surface area contributed by atoms with Crippen molar-refractivity contribution in [2.45, 2.75) is 13.0 Å². The molecule has 6 nitrogen and oxygen atoms in total. The highest BCUT2D eigenvalue weighted by atomic mass is 16.3. The van der Waals surface area contributed by atoms with Crippen LogP contribution in [0.3, 0.4) is 0 Å². The molecule has 3 heterocycles. The van der Waals surface area contributed by atoms with Crippen molar-refractivity contribution >= 4 is 11.3 Å². The Labute approximate surface area is 158 Å². The predicted molar refractivity (Wildman–Crippen MR) is 106 cm³/mol. The first-order chi connectivity index (χ1) is 13.3. The number of allylic oxidation sites excluding steroid dienone is 2. The molecule has 4 rings (SSSR count). The van der Waals surface area contributed by atoms with Gasteiger partial charge in [-0.3, -0.25) is 4.98 Å². The molecule has 1 atom stereocenters. The fourth-order valence-corrected chi connectivity index (χ4v) is 3.14. The average Bonchev–Trinajstić information content (AvgIpc) is 3.24. The molecule has 0 unspecified atom stereocenters. The Morgan fingerprint density at radius 3 is 2.81 bits per heavy atom. The third-order valence-corrected chi connectivity index (χ3v) is 4.66. The maximum atomic E-state index is 9.47. The molecule has 6 heteroatoms. The van der Waals surface area contributed by atoms with Crippen LogP contribution in [0.1, 0.15) is 18.5 Å². The lowest BCUT2D eigenvalue weighted by atomic mass is 10.1. The highest BCUT2D eigenvalue weighted by Crippen LogP contribution is 2.28. The molecular weight excluding hydrogens is 338 g/mol. The molecule has 1 aliphatic rings. The molecule has 2 aromatic heterocycles. The summed E-state index contributed by atoms with van der Waals surface area (Å²) >= 11 is 0. The van der Waals surface area contributed by atoms with E-state index in [4.69, 9.17) is 0 Å². The summed E-state index contributed by atoms with van der Waals surface area (Å²) in [5.41, 5.74) is 4.33. The van der Waals surface area contributed by atoms with Crippen molar-refractivity contribution in [2.75, 3.05) is 18.1 Å². The Kier molecular flexibility index (Phi) is 4.80. The maximum absolute atomic E-state index is 9.47. The minimum absolute atomic E-state index is 0.0414. The summed E-state index contributed by atoms with van der Waals surface area (Å²) in [5, 5.41) is 17.7. The van der Waals surface area contributed by atoms with E-state index in [0.29, 0.717) is 0 Å². The minimum atomic E-state index is -0.0743. The summed E-state index contributed by atoms with van der Waals surface area (Å²) in [6, 6.07) is 12.2. The van der Waals surface area contributed by atoms with Gasteiger partial charge in [0.15, 0.2) is 5.82 Å². The molecule has 136 valence electrons. The van der Waals surface area contributed by atoms with Crippen molar-refractivity contribution < 1.29 is 5.11 Å². The van der Waals surface area contributed by atoms with E-state index in [2.05, 4.69) is 50.6 Å². The summed E-state index contributed by atoms with van der Waals surface area (Å²) in [6.45, 7) is 2.79. The number of aliphatic hydroxyl groups is 1. The highest BCUT2D eigenvalue weighted by Gasteiger charge is 2.14. The molecule has 0 spiro atoms. The van der Waals surface area contributed by atoms with E-state index in [9.17, 15) is 5.11 Å². The van der Waals surface area contributed by atoms with Crippen LogP contribution in [0.2, 0.25) is 0 Å². The zero-order valence-corrected chi connectivity index (χ0v) is 15.1. The van der Waals surface area contributed by atoms with Gasteiger partial charge in [0.1, 0.15) is 6.33 Å². The van der Waals surface area contributed by atoms with Crippen molar-refractivity contribution in [3.8, 4) is 11.4 Å². The van der Waals surface area contributed by atoms with Crippen LogP contribution in [-0.2, 0) is 0 Å². The second kappa shape index (κ2) is 7.55. The van der Waals surface area contributed by atoms with Crippen molar-refractivity contribution in [3.63, 3.8) is 0 Å². The van der Waals surface area contributed by atoms with Gasteiger partial charge in [0.2, 0.25) is 0 Å². The molecule has 1 aliphatic heterocycles. The summed E-state index contributed by atoms with van der Waals surface area (Å²) < 4.78 is 1.90. The first-order valence-corrected chi connectivity index (χ1v) is 8.92. The number of rotatable bonds is 5. The molecule has 3 aromatic rings. The molecule has 1 N–H and O–H groups in total. The molecule has 0 radical (unpaired) electrons. The maximum Gasteiger partial charge on any atom is 0.164 e. The quantitative estimate of drug-likeness (QED) is 0.757. The van der Waals surface area contributed by atoms with Gasteiger partial charge in [-0.15, -0.1) is 10.2 Å². The zero-order valence-electron chi connectivity index (χ0n) is 15.1. The molecule has 27 heavy (non-hydrogen) atoms. The minimum Gasteiger partial charge on any atom is -0.394 e. The Morgan fingerprint density at radius 2 is 2.00 bits per heavy atom. The fourth-order valence-electron chi connectivity index (χ4n) is 3.14. The largest absolute Gasteiger partial charge is 0.394 e. The molecule has 1 aromatic carbocycles. The predicted octanol–water partition coefficient (Wildman–Crippen LogP) is 3.31. The van der Waals surface area contributed by atoms with Crippen LogP contribution in [0.15, 0.2) is 73.5 Å². The molecule has 0 fully saturated rings. The highest BCUT2D eigenvalue weighted by molar-refractivity contribution is 5.78. The Balaban J connectivity index is 1.66. The van der Waals surface area contributed by atoms with Crippen LogP contribution in [-0.4, -0.2) is 38.0 Å². The fraction of sp³-hybridized carbons (Fsp3) is 0.190. The van der Waals surface area contributed by atoms with Crippen molar-refractivity contribution in [3.05, 3.63) is 79.0 Å². The van der Waals surface area contributed by atoms with E-state index >= 15 is 0 Å². The average molecular weight is 359 g/mol. The number of aromatic nitrogens is 4. The molecule has 0 aliphatic carbocycles. The van der Waals surface area contributed by atoms with Gasteiger partial charge in [-0.1, -0.05) is 24.3 Å². The number of hydrogen-bond donors (Lipinski definition) is 1. The Morgan fingerprint density at radius 1 is 1.15 bits per heavy atom. The lowest BCUT2D eigenvalue weighted by Gasteiger charge is -2.24. The monoisotopic (exact) mass is 359 g/mol. The smallest absolute Gasteiger partial charge is 0.164 e. The van der Waals surface area contributed by atoms with Crippen LogP contribution in [0, 0.1) is 0 Å². The molecule has 0 bridgehead atoms. The first kappa shape index (κ1) is 17.2. The van der Waals surface area contributed by atoms with E-state index in [1.54, 1.807) is 18.7 Å². The van der Waals surface area contributed by atoms with E-state index in [1.165, 1.54) is 0 Å². The number of benzene rings is 1. The Hall–Kier alpha value is -3.25. The molecule has 0 saturated heterocycles. The Bertz CT molecular complexity index is 977. The van der Waals surface area contributed by atoms with Gasteiger partial charge >= 0.3 is 0 Å². The van der Waals surface area contributed by atoms with E-state index < -0.39 is 0 Å². The van der Waals surface area contributed by atoms with Crippen molar-refractivity contribution in [1.29, 1.82) is 0 Å². The van der Waals surface area contributed by atoms with E-state index in [-0.39, 0.29) is 12.6 Å². The normalized spacial score (nSPS) is 14.9. The van der Waals surface area contributed by atoms with Crippen LogP contribution >= 0.6 is 0 Å². The number of aliphatic hydroxyl groups excluding tert-OH is 1. The van der Waals surface area contributed by atoms with Crippen LogP contribution in [0.25, 0.3) is 17.0 Å². The molecular formula is C21H21N5O. The van der Waals surface area contributed by atoms with Crippen LogP contribution in [0.5, 0.6) is 0 Å². The van der Waals surface area contributed by atoms with Gasteiger partial charge < -0.3 is 14.6 Å². The lowest BCUT2D eigenvalue weighted by Crippen LogP contribution is -2.19. The summed E-state index contributed by atoms with van der Waals surface area (Å²) in [6.07, 6.45) is 11.7. The van der Waals surface area contributed by atoms with Crippen LogP contribution in [0.4, 0.5) is 5.69 Å². The van der Waals surface area contributed by atoms with Crippen molar-refractivity contribution in [1.82, 2.24) is 19.7 Å². The third-order valence-electron chi connectivity index (χ3n) is 4.66. The summed E-state index contributed by atoms with van der Waals surface area (Å²) in [7, 11) is 0. The first-order valence-electron chi connectivity index (χ1n) is 8.92. The summed E-state index contributed by atoms with van der Waals surface area (Å²) in [5.74, 6) is 0.754. The topological polar surface area (TPSA) is 67.1 Å². The number of pyridine rings is 1. The summed E-state index contributed by atoms with van der Waals surface area (Å²) in [4.78, 5) is 6.29. The number of hydrogen-bond acceptors (Lipinski definition) is 5. The van der Waals surface area contributed by atoms with Gasteiger partial charge in [0.25, 0.3) is 0 Å². The second-order valence-corrected chi connectivity index (χ2v) is 6.52. The van der Waals surface area contributed by atoms with Gasteiger partial charge in [0.05, 0.1) is 12.6 Å². The zero-order chi connectivity index (χ0) is 18.6. The van der Waals surface area contributed by atoms with Gasteiger partial charge in [-0.2, -0.15) is 0 Å². The standard InChI is InChI=1S/C21H21N5O/c1-16(14-27)26-15-23-24-21(26)18-4-2-6-20(12-18)25-11-3-5-19(13-25)17-7-9-22-10-8-17/h2-10,12-13,15-16,27H,11,14H2,1H3/t16-/m0/s1. The van der Waals surface area contributed by atoms with Gasteiger partial charge in [0, 0.05) is 36.4 Å². The lowest BCUT2D eigenvalue weighted by molar-refractivity contribution is 0.239. The van der Waals surface area contributed by atoms with Crippen LogP contribution < -0.4 is 4.90 Å². The SMILES string of the molecule is C[C@@H](CO)n1cnnc1-c1cccc(N2C=C(c3ccncc3)C=CC2)c1.